The van der Waals surface area contributed by atoms with Gasteiger partial charge in [0.25, 0.3) is 0 Å². The summed E-state index contributed by atoms with van der Waals surface area (Å²) in [5.41, 5.74) is 6.55. The molecule has 0 saturated heterocycles. The lowest BCUT2D eigenvalue weighted by atomic mass is 9.82. The van der Waals surface area contributed by atoms with E-state index in [9.17, 15) is 0 Å². The van der Waals surface area contributed by atoms with Crippen molar-refractivity contribution in [3.63, 3.8) is 0 Å². The van der Waals surface area contributed by atoms with Crippen LogP contribution in [0.2, 0.25) is 0 Å². The van der Waals surface area contributed by atoms with Gasteiger partial charge in [-0.25, -0.2) is 0 Å². The molecule has 0 fully saturated rings. The van der Waals surface area contributed by atoms with Crippen molar-refractivity contribution >= 4 is 0 Å². The molecule has 2 aromatic heterocycles. The van der Waals surface area contributed by atoms with Crippen LogP contribution < -0.4 is 4.74 Å². The van der Waals surface area contributed by atoms with Crippen molar-refractivity contribution in [2.24, 2.45) is 0 Å². The van der Waals surface area contributed by atoms with Crippen LogP contribution in [-0.2, 0) is 10.8 Å². The Morgan fingerprint density at radius 3 is 1.30 bits per heavy atom. The molecule has 0 saturated carbocycles. The Morgan fingerprint density at radius 2 is 0.970 bits per heavy atom. The van der Waals surface area contributed by atoms with Crippen molar-refractivity contribution in [3.8, 4) is 34.0 Å². The van der Waals surface area contributed by atoms with E-state index in [4.69, 9.17) is 4.74 Å². The van der Waals surface area contributed by atoms with Crippen LogP contribution in [0.5, 0.6) is 11.5 Å². The van der Waals surface area contributed by atoms with Gasteiger partial charge in [-0.15, -0.1) is 0 Å². The molecule has 168 valence electrons. The molecule has 33 heavy (non-hydrogen) atoms. The van der Waals surface area contributed by atoms with Gasteiger partial charge in [0.1, 0.15) is 11.5 Å². The molecule has 4 aromatic rings. The van der Waals surface area contributed by atoms with Crippen molar-refractivity contribution in [1.82, 2.24) is 9.97 Å². The Balaban J connectivity index is 1.77. The van der Waals surface area contributed by atoms with E-state index < -0.39 is 0 Å². The van der Waals surface area contributed by atoms with E-state index in [1.165, 1.54) is 11.1 Å². The average molecular weight is 437 g/mol. The molecule has 0 radical (unpaired) electrons. The smallest absolute Gasteiger partial charge is 0.128 e. The average Bonchev–Trinajstić information content (AvgIpc) is 2.79. The monoisotopic (exact) mass is 436 g/mol. The summed E-state index contributed by atoms with van der Waals surface area (Å²) in [6.45, 7) is 13.3. The summed E-state index contributed by atoms with van der Waals surface area (Å²) in [6, 6.07) is 24.6. The maximum atomic E-state index is 6.38. The highest BCUT2D eigenvalue weighted by Crippen LogP contribution is 2.38. The summed E-state index contributed by atoms with van der Waals surface area (Å²) < 4.78 is 6.38. The van der Waals surface area contributed by atoms with Crippen molar-refractivity contribution in [3.05, 3.63) is 96.3 Å². The van der Waals surface area contributed by atoms with E-state index in [2.05, 4.69) is 75.8 Å². The van der Waals surface area contributed by atoms with E-state index >= 15 is 0 Å². The number of hydrogen-bond acceptors (Lipinski definition) is 3. The van der Waals surface area contributed by atoms with Gasteiger partial charge in [-0.2, -0.15) is 0 Å². The molecule has 3 heteroatoms. The molecular weight excluding hydrogens is 404 g/mol. The zero-order valence-electron chi connectivity index (χ0n) is 20.4. The van der Waals surface area contributed by atoms with Gasteiger partial charge in [-0.05, 0) is 70.5 Å². The minimum atomic E-state index is -0.00805. The van der Waals surface area contributed by atoms with E-state index in [0.29, 0.717) is 0 Å². The van der Waals surface area contributed by atoms with Crippen LogP contribution in [0.3, 0.4) is 0 Å². The number of benzene rings is 2. The highest BCUT2D eigenvalue weighted by atomic mass is 16.5. The Kier molecular flexibility index (Phi) is 6.07. The molecule has 0 bridgehead atoms. The van der Waals surface area contributed by atoms with Crippen molar-refractivity contribution in [1.29, 1.82) is 0 Å². The second kappa shape index (κ2) is 8.82. The van der Waals surface area contributed by atoms with Gasteiger partial charge in [0.05, 0.1) is 11.4 Å². The summed E-state index contributed by atoms with van der Waals surface area (Å²) >= 11 is 0. The molecule has 0 unspecified atom stereocenters. The fourth-order valence-corrected chi connectivity index (χ4v) is 4.09. The Labute approximate surface area is 197 Å². The summed E-state index contributed by atoms with van der Waals surface area (Å²) in [4.78, 5) is 9.20. The zero-order chi connectivity index (χ0) is 23.6. The van der Waals surface area contributed by atoms with Crippen LogP contribution in [0.1, 0.15) is 52.7 Å². The Morgan fingerprint density at radius 1 is 0.545 bits per heavy atom. The second-order valence-corrected chi connectivity index (χ2v) is 10.4. The van der Waals surface area contributed by atoms with Crippen LogP contribution in [0.25, 0.3) is 22.5 Å². The van der Waals surface area contributed by atoms with Gasteiger partial charge in [0, 0.05) is 23.5 Å². The van der Waals surface area contributed by atoms with Gasteiger partial charge in [-0.3, -0.25) is 9.97 Å². The van der Waals surface area contributed by atoms with Crippen molar-refractivity contribution < 1.29 is 4.74 Å². The second-order valence-electron chi connectivity index (χ2n) is 10.4. The minimum absolute atomic E-state index is 0.00805. The maximum Gasteiger partial charge on any atom is 0.128 e. The van der Waals surface area contributed by atoms with E-state index in [0.717, 1.165) is 34.0 Å². The normalized spacial score (nSPS) is 11.9. The summed E-state index contributed by atoms with van der Waals surface area (Å²) in [6.07, 6.45) is 3.67. The minimum Gasteiger partial charge on any atom is -0.457 e. The lowest BCUT2D eigenvalue weighted by Crippen LogP contribution is -2.13. The summed E-state index contributed by atoms with van der Waals surface area (Å²) in [7, 11) is 0. The molecule has 4 rings (SSSR count). The van der Waals surface area contributed by atoms with E-state index in [1.807, 2.05) is 60.9 Å². The number of nitrogens with zero attached hydrogens (tertiary/aromatic N) is 2. The summed E-state index contributed by atoms with van der Waals surface area (Å²) in [5.74, 6) is 1.58. The number of pyridine rings is 2. The van der Waals surface area contributed by atoms with Crippen LogP contribution in [-0.4, -0.2) is 9.97 Å². The molecule has 0 amide bonds. The molecule has 2 aromatic carbocycles. The Bertz CT molecular complexity index is 1140. The molecule has 0 N–H and O–H groups in total. The first-order valence-electron chi connectivity index (χ1n) is 11.4. The molecule has 0 aliphatic heterocycles. The van der Waals surface area contributed by atoms with Crippen molar-refractivity contribution in [2.45, 2.75) is 52.4 Å². The van der Waals surface area contributed by atoms with Crippen LogP contribution in [0.4, 0.5) is 0 Å². The molecule has 3 nitrogen and oxygen atoms in total. The first-order chi connectivity index (χ1) is 15.6. The third kappa shape index (κ3) is 5.14. The number of hydrogen-bond donors (Lipinski definition) is 0. The molecule has 0 aliphatic carbocycles. The van der Waals surface area contributed by atoms with Gasteiger partial charge in [0.15, 0.2) is 0 Å². The topological polar surface area (TPSA) is 35.0 Å². The van der Waals surface area contributed by atoms with Crippen LogP contribution in [0, 0.1) is 0 Å². The standard InChI is InChI=1S/C30H32N2O/c1-29(2,3)25-15-13-21(19-23(25)27-11-7-9-17-31-27)33-22-14-16-26(30(4,5)6)24(20-22)28-12-8-10-18-32-28/h7-20H,1-6H3. The SMILES string of the molecule is CC(C)(C)c1ccc(Oc2ccc(C(C)(C)C)c(-c3ccccn3)c2)cc1-c1ccccn1. The summed E-state index contributed by atoms with van der Waals surface area (Å²) in [5, 5.41) is 0. The first-order valence-corrected chi connectivity index (χ1v) is 11.4. The van der Waals surface area contributed by atoms with Gasteiger partial charge < -0.3 is 4.74 Å². The number of ether oxygens (including phenoxy) is 1. The fraction of sp³-hybridized carbons (Fsp3) is 0.267. The van der Waals surface area contributed by atoms with Crippen LogP contribution >= 0.6 is 0 Å². The molecule has 2 heterocycles. The van der Waals surface area contributed by atoms with Crippen LogP contribution in [0.15, 0.2) is 85.2 Å². The molecular formula is C30H32N2O. The first kappa shape index (κ1) is 22.7. The van der Waals surface area contributed by atoms with Crippen molar-refractivity contribution in [2.75, 3.05) is 0 Å². The third-order valence-corrected chi connectivity index (χ3v) is 5.72. The van der Waals surface area contributed by atoms with E-state index in [-0.39, 0.29) is 10.8 Å². The molecule has 0 aliphatic rings. The predicted octanol–water partition coefficient (Wildman–Crippen LogP) is 8.20. The highest BCUT2D eigenvalue weighted by molar-refractivity contribution is 5.69. The maximum absolute atomic E-state index is 6.38. The highest BCUT2D eigenvalue weighted by Gasteiger charge is 2.22. The van der Waals surface area contributed by atoms with E-state index in [1.54, 1.807) is 0 Å². The molecule has 0 spiro atoms. The van der Waals surface area contributed by atoms with Gasteiger partial charge in [-0.1, -0.05) is 65.8 Å². The number of aromatic nitrogens is 2. The third-order valence-electron chi connectivity index (χ3n) is 5.72. The largest absolute Gasteiger partial charge is 0.457 e. The zero-order valence-corrected chi connectivity index (χ0v) is 20.4. The van der Waals surface area contributed by atoms with Gasteiger partial charge in [0.2, 0.25) is 0 Å². The lowest BCUT2D eigenvalue weighted by Gasteiger charge is -2.24. The fourth-order valence-electron chi connectivity index (χ4n) is 4.09. The molecule has 0 atom stereocenters. The lowest BCUT2D eigenvalue weighted by molar-refractivity contribution is 0.481. The number of rotatable bonds is 4. The quantitative estimate of drug-likeness (QED) is 0.323. The predicted molar refractivity (Wildman–Crippen MR) is 137 cm³/mol. The van der Waals surface area contributed by atoms with Gasteiger partial charge >= 0.3 is 0 Å². The Hall–Kier alpha value is -3.46.